The van der Waals surface area contributed by atoms with Crippen molar-refractivity contribution >= 4 is 44.1 Å². The molecule has 1 fully saturated rings. The van der Waals surface area contributed by atoms with Crippen LogP contribution < -0.4 is 19.1 Å². The van der Waals surface area contributed by atoms with E-state index in [1.54, 1.807) is 42.5 Å². The van der Waals surface area contributed by atoms with E-state index in [0.29, 0.717) is 41.4 Å². The van der Waals surface area contributed by atoms with Crippen LogP contribution in [0.3, 0.4) is 0 Å². The molecule has 1 aliphatic heterocycles. The van der Waals surface area contributed by atoms with Crippen molar-refractivity contribution in [2.24, 2.45) is 0 Å². The van der Waals surface area contributed by atoms with Crippen LogP contribution in [-0.4, -0.2) is 47.2 Å². The number of ether oxygens (including phenoxy) is 3. The number of rotatable bonds is 8. The lowest BCUT2D eigenvalue weighted by Gasteiger charge is -2.23. The van der Waals surface area contributed by atoms with Gasteiger partial charge < -0.3 is 24.4 Å². The van der Waals surface area contributed by atoms with E-state index in [9.17, 15) is 19.8 Å². The van der Waals surface area contributed by atoms with Crippen LogP contribution >= 0.6 is 11.3 Å². The molecule has 1 unspecified atom stereocenters. The number of aromatic hydroxyl groups is 1. The molecule has 39 heavy (non-hydrogen) atoms. The van der Waals surface area contributed by atoms with Gasteiger partial charge in [0.25, 0.3) is 5.78 Å². The molecule has 0 saturated carbocycles. The highest BCUT2D eigenvalue weighted by atomic mass is 32.1. The van der Waals surface area contributed by atoms with Crippen LogP contribution in [0.15, 0.2) is 66.2 Å². The summed E-state index contributed by atoms with van der Waals surface area (Å²) in [5.41, 5.74) is 1.28. The van der Waals surface area contributed by atoms with Crippen molar-refractivity contribution in [3.05, 3.63) is 77.4 Å². The summed E-state index contributed by atoms with van der Waals surface area (Å²) < 4.78 is 17.2. The minimum absolute atomic E-state index is 0.106. The number of Topliss-reactive ketones (excluding diaryl/α,β-unsaturated/α-hetero) is 1. The van der Waals surface area contributed by atoms with E-state index >= 15 is 0 Å². The molecule has 1 aliphatic rings. The molecule has 1 aromatic heterocycles. The van der Waals surface area contributed by atoms with Gasteiger partial charge >= 0.3 is 5.91 Å². The molecular formula is C29H26N2O7S. The smallest absolute Gasteiger partial charge is 0.301 e. The zero-order valence-electron chi connectivity index (χ0n) is 21.5. The SMILES string of the molecule is CCOc1cccc(/C(O)=C2\C(=O)C(=O)N(c3nc4ccc(OCC)cc4s3)C2c2ccc(O)c(OC)c2)c1. The van der Waals surface area contributed by atoms with Gasteiger partial charge in [0.05, 0.1) is 42.2 Å². The molecule has 2 N–H and O–H groups in total. The minimum Gasteiger partial charge on any atom is -0.507 e. The predicted octanol–water partition coefficient (Wildman–Crippen LogP) is 5.43. The number of aromatic nitrogens is 1. The minimum atomic E-state index is -1.04. The Morgan fingerprint density at radius 1 is 1.00 bits per heavy atom. The Hall–Kier alpha value is -4.57. The Morgan fingerprint density at radius 3 is 2.46 bits per heavy atom. The number of carbonyl (C=O) groups is 2. The Morgan fingerprint density at radius 2 is 1.74 bits per heavy atom. The molecule has 0 radical (unpaired) electrons. The second-order valence-corrected chi connectivity index (χ2v) is 9.63. The van der Waals surface area contributed by atoms with Crippen molar-refractivity contribution in [3.8, 4) is 23.0 Å². The topological polar surface area (TPSA) is 118 Å². The van der Waals surface area contributed by atoms with Crippen LogP contribution in [0.2, 0.25) is 0 Å². The maximum Gasteiger partial charge on any atom is 0.301 e. The number of hydrogen-bond acceptors (Lipinski definition) is 9. The van der Waals surface area contributed by atoms with Gasteiger partial charge in [-0.1, -0.05) is 29.5 Å². The highest BCUT2D eigenvalue weighted by molar-refractivity contribution is 7.22. The van der Waals surface area contributed by atoms with Crippen molar-refractivity contribution < 1.29 is 34.0 Å². The zero-order chi connectivity index (χ0) is 27.7. The number of anilines is 1. The van der Waals surface area contributed by atoms with Gasteiger partial charge in [-0.25, -0.2) is 4.98 Å². The number of methoxy groups -OCH3 is 1. The number of amides is 1. The molecular weight excluding hydrogens is 520 g/mol. The lowest BCUT2D eigenvalue weighted by atomic mass is 9.95. The van der Waals surface area contributed by atoms with Crippen molar-refractivity contribution in [3.63, 3.8) is 0 Å². The number of fused-ring (bicyclic) bond motifs is 1. The molecule has 9 nitrogen and oxygen atoms in total. The van der Waals surface area contributed by atoms with Gasteiger partial charge in [0.15, 0.2) is 16.6 Å². The highest BCUT2D eigenvalue weighted by Gasteiger charge is 2.48. The van der Waals surface area contributed by atoms with Gasteiger partial charge in [0.2, 0.25) is 0 Å². The largest absolute Gasteiger partial charge is 0.507 e. The van der Waals surface area contributed by atoms with Crippen LogP contribution in [0.4, 0.5) is 5.13 Å². The number of thiazole rings is 1. The summed E-state index contributed by atoms with van der Waals surface area (Å²) in [5, 5.41) is 21.9. The molecule has 2 heterocycles. The number of carbonyl (C=O) groups excluding carboxylic acids is 2. The summed E-state index contributed by atoms with van der Waals surface area (Å²) in [5.74, 6) is -0.826. The first-order valence-corrected chi connectivity index (χ1v) is 13.1. The third-order valence-electron chi connectivity index (χ3n) is 6.25. The van der Waals surface area contributed by atoms with Gasteiger partial charge in [-0.15, -0.1) is 0 Å². The van der Waals surface area contributed by atoms with Gasteiger partial charge in [0, 0.05) is 5.56 Å². The maximum absolute atomic E-state index is 13.5. The number of phenolic OH excluding ortho intramolecular Hbond substituents is 1. The highest BCUT2D eigenvalue weighted by Crippen LogP contribution is 2.46. The molecule has 0 bridgehead atoms. The maximum atomic E-state index is 13.5. The average molecular weight is 547 g/mol. The molecule has 1 atom stereocenters. The lowest BCUT2D eigenvalue weighted by molar-refractivity contribution is -0.132. The average Bonchev–Trinajstić information content (AvgIpc) is 3.47. The van der Waals surface area contributed by atoms with E-state index in [-0.39, 0.29) is 28.0 Å². The van der Waals surface area contributed by atoms with Crippen LogP contribution in [0.1, 0.15) is 31.0 Å². The first-order valence-electron chi connectivity index (χ1n) is 12.3. The summed E-state index contributed by atoms with van der Waals surface area (Å²) in [6.45, 7) is 4.65. The van der Waals surface area contributed by atoms with E-state index in [1.165, 1.54) is 35.5 Å². The van der Waals surface area contributed by atoms with Gasteiger partial charge in [-0.2, -0.15) is 0 Å². The van der Waals surface area contributed by atoms with E-state index in [2.05, 4.69) is 4.98 Å². The summed E-state index contributed by atoms with van der Waals surface area (Å²) in [6.07, 6.45) is 0. The third kappa shape index (κ3) is 4.74. The summed E-state index contributed by atoms with van der Waals surface area (Å²) in [4.78, 5) is 33.0. The molecule has 200 valence electrons. The normalized spacial score (nSPS) is 16.6. The molecule has 4 aromatic rings. The van der Waals surface area contributed by atoms with Crippen molar-refractivity contribution in [2.45, 2.75) is 19.9 Å². The number of nitrogens with zero attached hydrogens (tertiary/aromatic N) is 2. The van der Waals surface area contributed by atoms with E-state index < -0.39 is 17.7 Å². The summed E-state index contributed by atoms with van der Waals surface area (Å²) >= 11 is 1.23. The van der Waals surface area contributed by atoms with Crippen molar-refractivity contribution in [1.29, 1.82) is 0 Å². The fraction of sp³-hybridized carbons (Fsp3) is 0.207. The second kappa shape index (κ2) is 10.7. The molecule has 5 rings (SSSR count). The van der Waals surface area contributed by atoms with E-state index in [0.717, 1.165) is 4.70 Å². The number of ketones is 1. The first-order chi connectivity index (χ1) is 18.9. The van der Waals surface area contributed by atoms with Gasteiger partial charge in [-0.3, -0.25) is 14.5 Å². The third-order valence-corrected chi connectivity index (χ3v) is 7.27. The Balaban J connectivity index is 1.71. The Bertz CT molecular complexity index is 1610. The van der Waals surface area contributed by atoms with Crippen LogP contribution in [0.25, 0.3) is 16.0 Å². The molecule has 3 aromatic carbocycles. The summed E-state index contributed by atoms with van der Waals surface area (Å²) in [6, 6.07) is 15.5. The molecule has 0 spiro atoms. The fourth-order valence-corrected chi connectivity index (χ4v) is 5.54. The van der Waals surface area contributed by atoms with Gasteiger partial charge in [-0.05, 0) is 61.9 Å². The van der Waals surface area contributed by atoms with E-state index in [4.69, 9.17) is 14.2 Å². The van der Waals surface area contributed by atoms with Crippen molar-refractivity contribution in [2.75, 3.05) is 25.2 Å². The van der Waals surface area contributed by atoms with Crippen molar-refractivity contribution in [1.82, 2.24) is 4.98 Å². The Labute approximate surface area is 228 Å². The number of phenols is 1. The fourth-order valence-electron chi connectivity index (χ4n) is 4.52. The zero-order valence-corrected chi connectivity index (χ0v) is 22.3. The van der Waals surface area contributed by atoms with Crippen LogP contribution in [0, 0.1) is 0 Å². The molecule has 1 amide bonds. The molecule has 1 saturated heterocycles. The van der Waals surface area contributed by atoms with E-state index in [1.807, 2.05) is 19.9 Å². The first kappa shape index (κ1) is 26.1. The van der Waals surface area contributed by atoms with Crippen LogP contribution in [-0.2, 0) is 9.59 Å². The number of aliphatic hydroxyl groups is 1. The standard InChI is InChI=1S/C29H26N2O7S/c1-4-37-18-8-6-7-17(13-18)26(33)24-25(16-9-12-21(32)22(14-16)36-3)31(28(35)27(24)34)29-30-20-11-10-19(38-5-2)15-23(20)39-29/h6-15,25,32-33H,4-5H2,1-3H3/b26-24+. The van der Waals surface area contributed by atoms with Gasteiger partial charge in [0.1, 0.15) is 17.3 Å². The number of benzene rings is 3. The second-order valence-electron chi connectivity index (χ2n) is 8.62. The number of hydrogen-bond donors (Lipinski definition) is 2. The predicted molar refractivity (Wildman–Crippen MR) is 148 cm³/mol. The number of aliphatic hydroxyl groups excluding tert-OH is 1. The summed E-state index contributed by atoms with van der Waals surface area (Å²) in [7, 11) is 1.40. The monoisotopic (exact) mass is 546 g/mol. The van der Waals surface area contributed by atoms with Crippen LogP contribution in [0.5, 0.6) is 23.0 Å². The molecule has 0 aliphatic carbocycles. The molecule has 10 heteroatoms. The Kier molecular flexibility index (Phi) is 7.12. The quantitative estimate of drug-likeness (QED) is 0.171. The lowest BCUT2D eigenvalue weighted by Crippen LogP contribution is -2.29.